The Morgan fingerprint density at radius 2 is 2.09 bits per heavy atom. The summed E-state index contributed by atoms with van der Waals surface area (Å²) in [5.41, 5.74) is -0.393. The molecule has 1 amide bonds. The first-order chi connectivity index (χ1) is 10.4. The zero-order chi connectivity index (χ0) is 16.0. The fourth-order valence-corrected chi connectivity index (χ4v) is 2.01. The monoisotopic (exact) mass is 311 g/mol. The van der Waals surface area contributed by atoms with Crippen LogP contribution in [-0.4, -0.2) is 22.2 Å². The summed E-state index contributed by atoms with van der Waals surface area (Å²) in [6, 6.07) is 6.63. The number of nitrogens with zero attached hydrogens (tertiary/aromatic N) is 2. The van der Waals surface area contributed by atoms with E-state index in [0.717, 1.165) is 12.1 Å². The van der Waals surface area contributed by atoms with Crippen molar-refractivity contribution in [2.24, 2.45) is 0 Å². The molecule has 1 heterocycles. The number of benzene rings is 1. The average molecular weight is 311 g/mol. The number of rotatable bonds is 6. The van der Waals surface area contributed by atoms with Crippen LogP contribution >= 0.6 is 0 Å². The number of alkyl halides is 3. The maximum atomic E-state index is 12.6. The molecule has 0 atom stereocenters. The standard InChI is InChI=1S/C15H16F3N3O/c16-15(17,18)13-5-1-4-12(10-13)11-14(22)19-6-2-8-21-9-3-7-20-21/h1,3-5,7,9-10H,2,6,8,11H2,(H,19,22). The Bertz CT molecular complexity index is 609. The third-order valence-electron chi connectivity index (χ3n) is 3.06. The van der Waals surface area contributed by atoms with Crippen LogP contribution in [0.4, 0.5) is 13.2 Å². The Labute approximate surface area is 125 Å². The van der Waals surface area contributed by atoms with E-state index in [0.29, 0.717) is 25.1 Å². The molecule has 0 saturated carbocycles. The van der Waals surface area contributed by atoms with Crippen molar-refractivity contribution in [1.82, 2.24) is 15.1 Å². The van der Waals surface area contributed by atoms with Gasteiger partial charge >= 0.3 is 6.18 Å². The molecule has 0 fully saturated rings. The van der Waals surface area contributed by atoms with Crippen LogP contribution in [0.25, 0.3) is 0 Å². The molecule has 0 saturated heterocycles. The van der Waals surface area contributed by atoms with Gasteiger partial charge in [0.05, 0.1) is 12.0 Å². The van der Waals surface area contributed by atoms with Crippen molar-refractivity contribution in [3.05, 3.63) is 53.9 Å². The Morgan fingerprint density at radius 1 is 1.27 bits per heavy atom. The summed E-state index contributed by atoms with van der Waals surface area (Å²) in [6.07, 6.45) is -0.255. The van der Waals surface area contributed by atoms with Crippen molar-refractivity contribution in [3.8, 4) is 0 Å². The molecule has 118 valence electrons. The highest BCUT2D eigenvalue weighted by atomic mass is 19.4. The van der Waals surface area contributed by atoms with Gasteiger partial charge in [0.1, 0.15) is 0 Å². The van der Waals surface area contributed by atoms with Gasteiger partial charge in [0.2, 0.25) is 5.91 Å². The van der Waals surface area contributed by atoms with E-state index < -0.39 is 11.7 Å². The second-order valence-electron chi connectivity index (χ2n) is 4.85. The van der Waals surface area contributed by atoms with Crippen molar-refractivity contribution in [2.45, 2.75) is 25.6 Å². The van der Waals surface area contributed by atoms with Crippen molar-refractivity contribution in [1.29, 1.82) is 0 Å². The summed E-state index contributed by atoms with van der Waals surface area (Å²) in [5.74, 6) is -0.292. The van der Waals surface area contributed by atoms with Crippen molar-refractivity contribution < 1.29 is 18.0 Å². The molecule has 0 aliphatic heterocycles. The normalized spacial score (nSPS) is 11.4. The van der Waals surface area contributed by atoms with Crippen LogP contribution in [0.3, 0.4) is 0 Å². The van der Waals surface area contributed by atoms with E-state index in [9.17, 15) is 18.0 Å². The third-order valence-corrected chi connectivity index (χ3v) is 3.06. The molecule has 2 rings (SSSR count). The van der Waals surface area contributed by atoms with Gasteiger partial charge in [0.25, 0.3) is 0 Å². The molecule has 0 unspecified atom stereocenters. The summed E-state index contributed by atoms with van der Waals surface area (Å²) in [4.78, 5) is 11.7. The van der Waals surface area contributed by atoms with Gasteiger partial charge in [0, 0.05) is 25.5 Å². The third kappa shape index (κ3) is 4.91. The molecule has 0 bridgehead atoms. The molecular weight excluding hydrogens is 295 g/mol. The Balaban J connectivity index is 1.77. The second-order valence-corrected chi connectivity index (χ2v) is 4.85. The lowest BCUT2D eigenvalue weighted by Crippen LogP contribution is -2.27. The van der Waals surface area contributed by atoms with E-state index in [4.69, 9.17) is 0 Å². The van der Waals surface area contributed by atoms with Gasteiger partial charge in [0.15, 0.2) is 0 Å². The van der Waals surface area contributed by atoms with Gasteiger partial charge in [-0.05, 0) is 24.1 Å². The zero-order valence-electron chi connectivity index (χ0n) is 11.8. The molecule has 0 aliphatic rings. The van der Waals surface area contributed by atoms with E-state index in [1.807, 2.05) is 12.3 Å². The number of carbonyl (C=O) groups is 1. The second kappa shape index (κ2) is 7.11. The molecule has 0 spiro atoms. The summed E-state index contributed by atoms with van der Waals surface area (Å²) in [6.45, 7) is 1.13. The smallest absolute Gasteiger partial charge is 0.356 e. The highest BCUT2D eigenvalue weighted by molar-refractivity contribution is 5.78. The van der Waals surface area contributed by atoms with Gasteiger partial charge in [-0.15, -0.1) is 0 Å². The molecule has 1 N–H and O–H groups in total. The Hall–Kier alpha value is -2.31. The largest absolute Gasteiger partial charge is 0.416 e. The van der Waals surface area contributed by atoms with E-state index in [1.54, 1.807) is 10.9 Å². The molecule has 1 aromatic carbocycles. The van der Waals surface area contributed by atoms with Gasteiger partial charge in [-0.3, -0.25) is 9.48 Å². The molecule has 0 aliphatic carbocycles. The van der Waals surface area contributed by atoms with Crippen molar-refractivity contribution in [2.75, 3.05) is 6.54 Å². The lowest BCUT2D eigenvalue weighted by atomic mass is 10.1. The Kier molecular flexibility index (Phi) is 5.19. The predicted octanol–water partition coefficient (Wildman–Crippen LogP) is 2.65. The first kappa shape index (κ1) is 16.1. The van der Waals surface area contributed by atoms with Gasteiger partial charge in [-0.25, -0.2) is 0 Å². The number of aromatic nitrogens is 2. The van der Waals surface area contributed by atoms with Gasteiger partial charge in [-0.2, -0.15) is 18.3 Å². The van der Waals surface area contributed by atoms with Crippen LogP contribution in [0, 0.1) is 0 Å². The summed E-state index contributed by atoms with van der Waals surface area (Å²) >= 11 is 0. The lowest BCUT2D eigenvalue weighted by molar-refractivity contribution is -0.137. The number of nitrogens with one attached hydrogen (secondary N) is 1. The fraction of sp³-hybridized carbons (Fsp3) is 0.333. The number of carbonyl (C=O) groups excluding carboxylic acids is 1. The minimum atomic E-state index is -4.39. The van der Waals surface area contributed by atoms with E-state index in [1.165, 1.54) is 12.1 Å². The number of aryl methyl sites for hydroxylation is 1. The zero-order valence-corrected chi connectivity index (χ0v) is 11.8. The Morgan fingerprint density at radius 3 is 2.77 bits per heavy atom. The predicted molar refractivity (Wildman–Crippen MR) is 75.0 cm³/mol. The van der Waals surface area contributed by atoms with E-state index >= 15 is 0 Å². The molecule has 4 nitrogen and oxygen atoms in total. The van der Waals surface area contributed by atoms with Crippen LogP contribution < -0.4 is 5.32 Å². The molecular formula is C15H16F3N3O. The highest BCUT2D eigenvalue weighted by Gasteiger charge is 2.30. The summed E-state index contributed by atoms with van der Waals surface area (Å²) in [5, 5.41) is 6.72. The quantitative estimate of drug-likeness (QED) is 0.834. The van der Waals surface area contributed by atoms with Crippen molar-refractivity contribution in [3.63, 3.8) is 0 Å². The van der Waals surface area contributed by atoms with E-state index in [-0.39, 0.29) is 12.3 Å². The molecule has 2 aromatic rings. The average Bonchev–Trinajstić information content (AvgIpc) is 2.96. The molecule has 22 heavy (non-hydrogen) atoms. The van der Waals surface area contributed by atoms with Crippen LogP contribution in [0.1, 0.15) is 17.5 Å². The number of amides is 1. The topological polar surface area (TPSA) is 46.9 Å². The summed E-state index contributed by atoms with van der Waals surface area (Å²) < 4.78 is 39.5. The van der Waals surface area contributed by atoms with Crippen molar-refractivity contribution >= 4 is 5.91 Å². The number of halogens is 3. The summed E-state index contributed by atoms with van der Waals surface area (Å²) in [7, 11) is 0. The SMILES string of the molecule is O=C(Cc1cccc(C(F)(F)F)c1)NCCCn1cccn1. The van der Waals surface area contributed by atoms with Crippen LogP contribution in [0.15, 0.2) is 42.7 Å². The minimum Gasteiger partial charge on any atom is -0.356 e. The first-order valence-corrected chi connectivity index (χ1v) is 6.85. The lowest BCUT2D eigenvalue weighted by Gasteiger charge is -2.09. The van der Waals surface area contributed by atoms with Gasteiger partial charge in [-0.1, -0.05) is 18.2 Å². The minimum absolute atomic E-state index is 0.0638. The van der Waals surface area contributed by atoms with Gasteiger partial charge < -0.3 is 5.32 Å². The van der Waals surface area contributed by atoms with Crippen LogP contribution in [0.5, 0.6) is 0 Å². The molecule has 1 aromatic heterocycles. The van der Waals surface area contributed by atoms with E-state index in [2.05, 4.69) is 10.4 Å². The van der Waals surface area contributed by atoms with Crippen LogP contribution in [0.2, 0.25) is 0 Å². The number of hydrogen-bond acceptors (Lipinski definition) is 2. The highest BCUT2D eigenvalue weighted by Crippen LogP contribution is 2.29. The fourth-order valence-electron chi connectivity index (χ4n) is 2.01. The molecule has 0 radical (unpaired) electrons. The molecule has 7 heteroatoms. The maximum absolute atomic E-state index is 12.6. The maximum Gasteiger partial charge on any atom is 0.416 e. The first-order valence-electron chi connectivity index (χ1n) is 6.85. The number of hydrogen-bond donors (Lipinski definition) is 1. The van der Waals surface area contributed by atoms with Crippen LogP contribution in [-0.2, 0) is 23.9 Å².